The molecule has 4 heteroatoms. The van der Waals surface area contributed by atoms with E-state index >= 15 is 0 Å². The Morgan fingerprint density at radius 3 is 2.87 bits per heavy atom. The lowest BCUT2D eigenvalue weighted by molar-refractivity contribution is -0.137. The van der Waals surface area contributed by atoms with Gasteiger partial charge in [0, 0.05) is 11.3 Å². The van der Waals surface area contributed by atoms with Gasteiger partial charge in [0.2, 0.25) is 0 Å². The molecule has 3 nitrogen and oxygen atoms in total. The monoisotopic (exact) mass is 231 g/mol. The van der Waals surface area contributed by atoms with Crippen molar-refractivity contribution in [2.75, 3.05) is 12.9 Å². The molecule has 0 heterocycles. The van der Waals surface area contributed by atoms with Crippen molar-refractivity contribution in [1.82, 2.24) is 0 Å². The minimum absolute atomic E-state index is 0.157. The zero-order chi connectivity index (χ0) is 11.5. The van der Waals surface area contributed by atoms with Crippen molar-refractivity contribution in [1.29, 1.82) is 0 Å². The molecular weight excluding hydrogens is 210 g/mol. The number of carbonyl (C=O) groups excluding carboxylic acids is 1. The third-order valence-electron chi connectivity index (χ3n) is 3.03. The first-order chi connectivity index (χ1) is 6.94. The van der Waals surface area contributed by atoms with Crippen molar-refractivity contribution in [3.05, 3.63) is 0 Å². The molecule has 0 radical (unpaired) electrons. The van der Waals surface area contributed by atoms with Crippen LogP contribution in [0, 0.1) is 5.41 Å². The van der Waals surface area contributed by atoms with Crippen LogP contribution < -0.4 is 5.73 Å². The maximum absolute atomic E-state index is 11.0. The van der Waals surface area contributed by atoms with Gasteiger partial charge in [-0.3, -0.25) is 4.79 Å². The van der Waals surface area contributed by atoms with E-state index in [1.54, 1.807) is 11.8 Å². The van der Waals surface area contributed by atoms with Crippen molar-refractivity contribution in [3.63, 3.8) is 0 Å². The Bertz CT molecular complexity index is 231. The maximum atomic E-state index is 11.0. The SMILES string of the molecule is COC(=O)CSC1CC(C)(C)CCC1N. The lowest BCUT2D eigenvalue weighted by Gasteiger charge is -2.38. The first kappa shape index (κ1) is 12.8. The van der Waals surface area contributed by atoms with Crippen LogP contribution in [0.3, 0.4) is 0 Å². The van der Waals surface area contributed by atoms with Gasteiger partial charge in [-0.15, -0.1) is 11.8 Å². The highest BCUT2D eigenvalue weighted by molar-refractivity contribution is 8.00. The summed E-state index contributed by atoms with van der Waals surface area (Å²) in [5.41, 5.74) is 6.42. The summed E-state index contributed by atoms with van der Waals surface area (Å²) in [4.78, 5) is 11.0. The van der Waals surface area contributed by atoms with Crippen molar-refractivity contribution in [3.8, 4) is 0 Å². The fourth-order valence-corrected chi connectivity index (χ4v) is 3.38. The normalized spacial score (nSPS) is 29.9. The van der Waals surface area contributed by atoms with Crippen LogP contribution in [0.25, 0.3) is 0 Å². The molecule has 0 saturated heterocycles. The lowest BCUT2D eigenvalue weighted by Crippen LogP contribution is -2.41. The molecule has 0 aliphatic heterocycles. The Kier molecular flexibility index (Phi) is 4.46. The quantitative estimate of drug-likeness (QED) is 0.753. The summed E-state index contributed by atoms with van der Waals surface area (Å²) < 4.78 is 4.63. The predicted molar refractivity (Wildman–Crippen MR) is 63.9 cm³/mol. The van der Waals surface area contributed by atoms with Gasteiger partial charge < -0.3 is 10.5 Å². The summed E-state index contributed by atoms with van der Waals surface area (Å²) in [6, 6.07) is 0.229. The van der Waals surface area contributed by atoms with Crippen LogP contribution in [0.15, 0.2) is 0 Å². The summed E-state index contributed by atoms with van der Waals surface area (Å²) in [5.74, 6) is 0.265. The molecule has 1 saturated carbocycles. The number of hydrogen-bond donors (Lipinski definition) is 1. The molecule has 2 atom stereocenters. The second-order valence-electron chi connectivity index (χ2n) is 5.00. The molecule has 1 aliphatic rings. The van der Waals surface area contributed by atoms with E-state index < -0.39 is 0 Å². The van der Waals surface area contributed by atoms with Crippen LogP contribution in [-0.2, 0) is 9.53 Å². The topological polar surface area (TPSA) is 52.3 Å². The smallest absolute Gasteiger partial charge is 0.315 e. The molecule has 0 aromatic rings. The van der Waals surface area contributed by atoms with Gasteiger partial charge in [0.1, 0.15) is 0 Å². The van der Waals surface area contributed by atoms with Gasteiger partial charge in [-0.05, 0) is 24.7 Å². The minimum atomic E-state index is -0.157. The van der Waals surface area contributed by atoms with E-state index in [4.69, 9.17) is 5.73 Å². The van der Waals surface area contributed by atoms with Crippen LogP contribution in [0.5, 0.6) is 0 Å². The summed E-state index contributed by atoms with van der Waals surface area (Å²) in [6.45, 7) is 4.54. The number of ether oxygens (including phenoxy) is 1. The molecule has 88 valence electrons. The zero-order valence-corrected chi connectivity index (χ0v) is 10.6. The van der Waals surface area contributed by atoms with Gasteiger partial charge in [-0.1, -0.05) is 13.8 Å². The molecule has 1 fully saturated rings. The highest BCUT2D eigenvalue weighted by atomic mass is 32.2. The Hall–Kier alpha value is -0.220. The van der Waals surface area contributed by atoms with Gasteiger partial charge in [0.15, 0.2) is 0 Å². The number of esters is 1. The second-order valence-corrected chi connectivity index (χ2v) is 6.22. The second kappa shape index (κ2) is 5.21. The highest BCUT2D eigenvalue weighted by Gasteiger charge is 2.33. The zero-order valence-electron chi connectivity index (χ0n) is 9.79. The van der Waals surface area contributed by atoms with Gasteiger partial charge in [-0.25, -0.2) is 0 Å². The maximum Gasteiger partial charge on any atom is 0.315 e. The number of thioether (sulfide) groups is 1. The fourth-order valence-electron chi connectivity index (χ4n) is 1.96. The fraction of sp³-hybridized carbons (Fsp3) is 0.909. The molecule has 1 rings (SSSR count). The van der Waals surface area contributed by atoms with Gasteiger partial charge >= 0.3 is 5.97 Å². The van der Waals surface area contributed by atoms with E-state index in [0.29, 0.717) is 16.4 Å². The minimum Gasteiger partial charge on any atom is -0.468 e. The molecule has 1 aliphatic carbocycles. The van der Waals surface area contributed by atoms with Crippen molar-refractivity contribution < 1.29 is 9.53 Å². The molecule has 0 bridgehead atoms. The molecule has 0 spiro atoms. The highest BCUT2D eigenvalue weighted by Crippen LogP contribution is 2.39. The van der Waals surface area contributed by atoms with Crippen molar-refractivity contribution in [2.24, 2.45) is 11.1 Å². The van der Waals surface area contributed by atoms with Gasteiger partial charge in [-0.2, -0.15) is 0 Å². The summed E-state index contributed by atoms with van der Waals surface area (Å²) in [7, 11) is 1.42. The number of hydrogen-bond acceptors (Lipinski definition) is 4. The summed E-state index contributed by atoms with van der Waals surface area (Å²) >= 11 is 1.64. The lowest BCUT2D eigenvalue weighted by atomic mass is 9.75. The third-order valence-corrected chi connectivity index (χ3v) is 4.38. The third kappa shape index (κ3) is 4.03. The van der Waals surface area contributed by atoms with E-state index in [0.717, 1.165) is 12.8 Å². The van der Waals surface area contributed by atoms with Crippen LogP contribution in [0.4, 0.5) is 0 Å². The molecule has 0 aromatic heterocycles. The number of nitrogens with two attached hydrogens (primary N) is 1. The molecule has 15 heavy (non-hydrogen) atoms. The van der Waals surface area contributed by atoms with Gasteiger partial charge in [0.25, 0.3) is 0 Å². The van der Waals surface area contributed by atoms with Gasteiger partial charge in [0.05, 0.1) is 12.9 Å². The van der Waals surface area contributed by atoms with E-state index in [1.807, 2.05) is 0 Å². The Morgan fingerprint density at radius 2 is 2.27 bits per heavy atom. The molecule has 0 amide bonds. The van der Waals surface area contributed by atoms with Crippen LogP contribution >= 0.6 is 11.8 Å². The first-order valence-corrected chi connectivity index (χ1v) is 6.43. The molecule has 0 aromatic carbocycles. The molecular formula is C11H21NO2S. The average Bonchev–Trinajstić information content (AvgIpc) is 2.19. The Morgan fingerprint density at radius 1 is 1.60 bits per heavy atom. The summed E-state index contributed by atoms with van der Waals surface area (Å²) in [5, 5.41) is 0.396. The van der Waals surface area contributed by atoms with E-state index in [-0.39, 0.29) is 12.0 Å². The van der Waals surface area contributed by atoms with E-state index in [2.05, 4.69) is 18.6 Å². The van der Waals surface area contributed by atoms with Crippen LogP contribution in [-0.4, -0.2) is 30.1 Å². The van der Waals surface area contributed by atoms with Crippen molar-refractivity contribution >= 4 is 17.7 Å². The first-order valence-electron chi connectivity index (χ1n) is 5.38. The Balaban J connectivity index is 2.41. The average molecular weight is 231 g/mol. The Labute approximate surface area is 96.1 Å². The summed E-state index contributed by atoms with van der Waals surface area (Å²) in [6.07, 6.45) is 3.34. The molecule has 2 N–H and O–H groups in total. The largest absolute Gasteiger partial charge is 0.468 e. The number of methoxy groups -OCH3 is 1. The predicted octanol–water partition coefficient (Wildman–Crippen LogP) is 1.80. The standard InChI is InChI=1S/C11H21NO2S/c1-11(2)5-4-8(12)9(6-11)15-7-10(13)14-3/h8-9H,4-7,12H2,1-3H3. The van der Waals surface area contributed by atoms with E-state index in [1.165, 1.54) is 13.5 Å². The number of carbonyl (C=O) groups is 1. The molecule has 2 unspecified atom stereocenters. The van der Waals surface area contributed by atoms with Crippen LogP contribution in [0.2, 0.25) is 0 Å². The van der Waals surface area contributed by atoms with E-state index in [9.17, 15) is 4.79 Å². The van der Waals surface area contributed by atoms with Crippen molar-refractivity contribution in [2.45, 2.75) is 44.4 Å². The van der Waals surface area contributed by atoms with Crippen LogP contribution in [0.1, 0.15) is 33.1 Å². The number of rotatable bonds is 3.